The molecule has 1 fully saturated rings. The van der Waals surface area contributed by atoms with E-state index in [1.807, 2.05) is 4.57 Å². The van der Waals surface area contributed by atoms with E-state index in [4.69, 9.17) is 4.74 Å². The molecule has 0 saturated heterocycles. The van der Waals surface area contributed by atoms with Crippen molar-refractivity contribution in [2.75, 3.05) is 7.11 Å². The second-order valence-electron chi connectivity index (χ2n) is 7.88. The number of hydrogen-bond acceptors (Lipinski definition) is 6. The molecule has 8 nitrogen and oxygen atoms in total. The highest BCUT2D eigenvalue weighted by atomic mass is 32.2. The monoisotopic (exact) mass is 481 g/mol. The van der Waals surface area contributed by atoms with Gasteiger partial charge in [-0.2, -0.15) is 13.2 Å². The lowest BCUT2D eigenvalue weighted by molar-refractivity contribution is -0.137. The molecule has 4 rings (SSSR count). The van der Waals surface area contributed by atoms with Crippen LogP contribution < -0.4 is 9.46 Å². The Morgan fingerprint density at radius 1 is 1.09 bits per heavy atom. The van der Waals surface area contributed by atoms with Crippen LogP contribution in [0, 0.1) is 0 Å². The van der Waals surface area contributed by atoms with Crippen molar-refractivity contribution in [3.8, 4) is 17.0 Å². The highest BCUT2D eigenvalue weighted by molar-refractivity contribution is 7.89. The van der Waals surface area contributed by atoms with Crippen molar-refractivity contribution in [2.45, 2.75) is 48.8 Å². The first kappa shape index (κ1) is 23.2. The summed E-state index contributed by atoms with van der Waals surface area (Å²) in [6, 6.07) is 5.40. The number of pyridine rings is 1. The third-order valence-corrected chi connectivity index (χ3v) is 7.15. The number of alkyl halides is 3. The first-order valence-electron chi connectivity index (χ1n) is 10.2. The zero-order chi connectivity index (χ0) is 23.6. The Morgan fingerprint density at radius 3 is 2.48 bits per heavy atom. The van der Waals surface area contributed by atoms with E-state index in [-0.39, 0.29) is 11.6 Å². The number of aromatic nitrogens is 4. The first-order chi connectivity index (χ1) is 15.7. The molecule has 0 radical (unpaired) electrons. The van der Waals surface area contributed by atoms with Crippen LogP contribution in [0.3, 0.4) is 0 Å². The number of benzene rings is 1. The third kappa shape index (κ3) is 5.33. The fourth-order valence-corrected chi connectivity index (χ4v) is 5.34. The van der Waals surface area contributed by atoms with Crippen molar-refractivity contribution in [3.05, 3.63) is 54.7 Å². The number of halogens is 3. The van der Waals surface area contributed by atoms with Crippen molar-refractivity contribution in [1.29, 1.82) is 0 Å². The van der Waals surface area contributed by atoms with E-state index in [1.165, 1.54) is 31.5 Å². The van der Waals surface area contributed by atoms with E-state index in [0.29, 0.717) is 30.4 Å². The Labute approximate surface area is 188 Å². The van der Waals surface area contributed by atoms with Crippen molar-refractivity contribution in [2.24, 2.45) is 0 Å². The molecule has 1 aromatic carbocycles. The minimum Gasteiger partial charge on any atom is -0.481 e. The molecule has 12 heteroatoms. The number of nitrogens with one attached hydrogen (secondary N) is 1. The van der Waals surface area contributed by atoms with E-state index in [1.54, 1.807) is 12.7 Å². The van der Waals surface area contributed by atoms with Crippen LogP contribution in [0.5, 0.6) is 5.88 Å². The summed E-state index contributed by atoms with van der Waals surface area (Å²) >= 11 is 0. The first-order valence-corrected chi connectivity index (χ1v) is 11.7. The van der Waals surface area contributed by atoms with Crippen LogP contribution in [0.25, 0.3) is 11.1 Å². The lowest BCUT2D eigenvalue weighted by atomic mass is 9.91. The average molecular weight is 482 g/mol. The van der Waals surface area contributed by atoms with E-state index < -0.39 is 32.7 Å². The van der Waals surface area contributed by atoms with Crippen LogP contribution in [-0.2, 0) is 16.2 Å². The highest BCUT2D eigenvalue weighted by Crippen LogP contribution is 2.35. The van der Waals surface area contributed by atoms with Gasteiger partial charge in [-0.15, -0.1) is 10.2 Å². The summed E-state index contributed by atoms with van der Waals surface area (Å²) in [4.78, 5) is 3.55. The lowest BCUT2D eigenvalue weighted by Crippen LogP contribution is -2.38. The minimum atomic E-state index is -4.72. The van der Waals surface area contributed by atoms with Crippen molar-refractivity contribution >= 4 is 10.0 Å². The zero-order valence-electron chi connectivity index (χ0n) is 17.7. The highest BCUT2D eigenvalue weighted by Gasteiger charge is 2.34. The number of methoxy groups -OCH3 is 1. The molecule has 0 amide bonds. The molecule has 0 bridgehead atoms. The molecule has 1 N–H and O–H groups in total. The number of hydrogen-bond donors (Lipinski definition) is 1. The fraction of sp³-hybridized carbons (Fsp3) is 0.381. The van der Waals surface area contributed by atoms with Gasteiger partial charge in [0.15, 0.2) is 0 Å². The van der Waals surface area contributed by atoms with Gasteiger partial charge >= 0.3 is 6.18 Å². The fourth-order valence-electron chi connectivity index (χ4n) is 3.98. The molecule has 176 valence electrons. The van der Waals surface area contributed by atoms with Gasteiger partial charge in [-0.25, -0.2) is 18.1 Å². The third-order valence-electron chi connectivity index (χ3n) is 5.65. The molecule has 2 atom stereocenters. The molecule has 3 aromatic rings. The number of nitrogens with zero attached hydrogens (tertiary/aromatic N) is 4. The van der Waals surface area contributed by atoms with Crippen LogP contribution in [0.15, 0.2) is 54.1 Å². The Hall–Kier alpha value is -2.99. The maximum absolute atomic E-state index is 13.6. The van der Waals surface area contributed by atoms with E-state index >= 15 is 0 Å². The molecule has 2 aromatic heterocycles. The van der Waals surface area contributed by atoms with Gasteiger partial charge in [-0.3, -0.25) is 0 Å². The number of sulfonamides is 1. The SMILES string of the molecule is COc1ccc(-c2cc(C(F)(F)F)cc(S(=O)(=O)NC3CCCC(n4cnnc4)C3)c2)cn1. The number of rotatable bonds is 6. The predicted octanol–water partition coefficient (Wildman–Crippen LogP) is 3.83. The molecule has 0 aliphatic heterocycles. The van der Waals surface area contributed by atoms with E-state index in [2.05, 4.69) is 19.9 Å². The normalized spacial score (nSPS) is 19.4. The van der Waals surface area contributed by atoms with Crippen molar-refractivity contribution in [3.63, 3.8) is 0 Å². The molecule has 1 aliphatic rings. The summed E-state index contributed by atoms with van der Waals surface area (Å²) in [6.07, 6.45) is 2.45. The summed E-state index contributed by atoms with van der Waals surface area (Å²) in [5.74, 6) is 0.292. The second kappa shape index (κ2) is 9.10. The molecular weight excluding hydrogens is 459 g/mol. The van der Waals surface area contributed by atoms with Crippen LogP contribution >= 0.6 is 0 Å². The van der Waals surface area contributed by atoms with Gasteiger partial charge in [0.2, 0.25) is 15.9 Å². The van der Waals surface area contributed by atoms with Crippen LogP contribution in [0.2, 0.25) is 0 Å². The molecular formula is C21H22F3N5O3S. The molecule has 1 saturated carbocycles. The van der Waals surface area contributed by atoms with Crippen LogP contribution in [0.1, 0.15) is 37.3 Å². The minimum absolute atomic E-state index is 0.0175. The Kier molecular flexibility index (Phi) is 6.39. The Bertz CT molecular complexity index is 1200. The van der Waals surface area contributed by atoms with Gasteiger partial charge in [0.05, 0.1) is 17.6 Å². The maximum atomic E-state index is 13.6. The average Bonchev–Trinajstić information content (AvgIpc) is 3.33. The van der Waals surface area contributed by atoms with Gasteiger partial charge < -0.3 is 9.30 Å². The summed E-state index contributed by atoms with van der Waals surface area (Å²) in [7, 11) is -2.80. The van der Waals surface area contributed by atoms with Gasteiger partial charge in [0.1, 0.15) is 12.7 Å². The smallest absolute Gasteiger partial charge is 0.416 e. The van der Waals surface area contributed by atoms with Crippen molar-refractivity contribution < 1.29 is 26.3 Å². The summed E-state index contributed by atoms with van der Waals surface area (Å²) in [6.45, 7) is 0. The Balaban J connectivity index is 1.64. The predicted molar refractivity (Wildman–Crippen MR) is 113 cm³/mol. The summed E-state index contributed by atoms with van der Waals surface area (Å²) < 4.78 is 76.3. The molecule has 0 spiro atoms. The van der Waals surface area contributed by atoms with Crippen LogP contribution in [0.4, 0.5) is 13.2 Å². The van der Waals surface area contributed by atoms with Crippen LogP contribution in [-0.4, -0.2) is 41.3 Å². The quantitative estimate of drug-likeness (QED) is 0.575. The molecule has 33 heavy (non-hydrogen) atoms. The van der Waals surface area contributed by atoms with Gasteiger partial charge in [0, 0.05) is 29.9 Å². The summed E-state index contributed by atoms with van der Waals surface area (Å²) in [5, 5.41) is 7.56. The summed E-state index contributed by atoms with van der Waals surface area (Å²) in [5.41, 5.74) is -0.628. The lowest BCUT2D eigenvalue weighted by Gasteiger charge is -2.30. The van der Waals surface area contributed by atoms with Gasteiger partial charge in [-0.05, 0) is 55.5 Å². The topological polar surface area (TPSA) is 99.0 Å². The van der Waals surface area contributed by atoms with E-state index in [9.17, 15) is 21.6 Å². The largest absolute Gasteiger partial charge is 0.481 e. The zero-order valence-corrected chi connectivity index (χ0v) is 18.5. The Morgan fingerprint density at radius 2 is 1.85 bits per heavy atom. The standard InChI is InChI=1S/C21H22F3N5O3S/c1-32-20-6-5-14(11-25-20)15-7-16(21(22,23)24)9-19(8-15)33(30,31)28-17-3-2-4-18(10-17)29-12-26-27-13-29/h5-9,11-13,17-18,28H,2-4,10H2,1H3. The van der Waals surface area contributed by atoms with Gasteiger partial charge in [-0.1, -0.05) is 0 Å². The van der Waals surface area contributed by atoms with E-state index in [0.717, 1.165) is 18.9 Å². The molecule has 1 aliphatic carbocycles. The van der Waals surface area contributed by atoms with Gasteiger partial charge in [0.25, 0.3) is 0 Å². The number of ether oxygens (including phenoxy) is 1. The molecule has 2 heterocycles. The van der Waals surface area contributed by atoms with Crippen molar-refractivity contribution in [1.82, 2.24) is 24.5 Å². The maximum Gasteiger partial charge on any atom is 0.416 e. The molecule has 2 unspecified atom stereocenters. The second-order valence-corrected chi connectivity index (χ2v) is 9.59.